The molecule has 3 rings (SSSR count). The number of thiophene rings is 2. The number of carbonyl (C=O) groups excluding carboxylic acids is 4. The highest BCUT2D eigenvalue weighted by Crippen LogP contribution is 2.38. The van der Waals surface area contributed by atoms with E-state index in [0.717, 1.165) is 4.88 Å². The first-order chi connectivity index (χ1) is 15.4. The normalized spacial score (nSPS) is 11.4. The van der Waals surface area contributed by atoms with Gasteiger partial charge in [-0.25, -0.2) is 9.59 Å². The first-order valence-electron chi connectivity index (χ1n) is 9.54. The monoisotopic (exact) mass is 476 g/mol. The van der Waals surface area contributed by atoms with Crippen molar-refractivity contribution in [1.29, 1.82) is 0 Å². The van der Waals surface area contributed by atoms with Crippen LogP contribution in [0.5, 0.6) is 0 Å². The van der Waals surface area contributed by atoms with Crippen LogP contribution < -0.4 is 10.6 Å². The van der Waals surface area contributed by atoms with Gasteiger partial charge in [-0.1, -0.05) is 6.07 Å². The molecule has 0 saturated carbocycles. The summed E-state index contributed by atoms with van der Waals surface area (Å²) in [5, 5.41) is 8.94. The Morgan fingerprint density at radius 2 is 1.94 bits per heavy atom. The lowest BCUT2D eigenvalue weighted by molar-refractivity contribution is -0.148. The van der Waals surface area contributed by atoms with Crippen molar-refractivity contribution in [2.24, 2.45) is 0 Å². The molecule has 3 aromatic heterocycles. The Kier molecular flexibility index (Phi) is 7.79. The lowest BCUT2D eigenvalue weighted by Crippen LogP contribution is -2.40. The molecular formula is C21H20N2O7S2. The number of furan rings is 1. The van der Waals surface area contributed by atoms with E-state index in [-0.39, 0.29) is 17.9 Å². The minimum Gasteiger partial charge on any atom is -0.462 e. The third-order valence-electron chi connectivity index (χ3n) is 4.10. The van der Waals surface area contributed by atoms with Gasteiger partial charge in [0.25, 0.3) is 11.8 Å². The fourth-order valence-electron chi connectivity index (χ4n) is 2.63. The molecule has 0 fully saturated rings. The van der Waals surface area contributed by atoms with E-state index in [0.29, 0.717) is 10.6 Å². The maximum absolute atomic E-state index is 12.5. The van der Waals surface area contributed by atoms with Gasteiger partial charge in [-0.05, 0) is 37.4 Å². The van der Waals surface area contributed by atoms with Crippen LogP contribution in [0.4, 0.5) is 5.00 Å². The number of rotatable bonds is 9. The number of anilines is 1. The summed E-state index contributed by atoms with van der Waals surface area (Å²) in [5.74, 6) is -2.52. The highest BCUT2D eigenvalue weighted by atomic mass is 32.1. The van der Waals surface area contributed by atoms with Crippen molar-refractivity contribution in [3.05, 3.63) is 52.6 Å². The molecule has 3 aromatic rings. The lowest BCUT2D eigenvalue weighted by atomic mass is 10.1. The average molecular weight is 477 g/mol. The van der Waals surface area contributed by atoms with Gasteiger partial charge in [0.1, 0.15) is 16.6 Å². The number of amides is 2. The summed E-state index contributed by atoms with van der Waals surface area (Å²) >= 11 is 2.63. The zero-order valence-corrected chi connectivity index (χ0v) is 18.8. The summed E-state index contributed by atoms with van der Waals surface area (Å²) in [7, 11) is 0. The molecule has 0 spiro atoms. The largest absolute Gasteiger partial charge is 0.462 e. The molecule has 0 aliphatic carbocycles. The number of ether oxygens (including phenoxy) is 2. The van der Waals surface area contributed by atoms with Crippen LogP contribution in [0.15, 0.2) is 45.7 Å². The minimum absolute atomic E-state index is 0.0492. The smallest absolute Gasteiger partial charge is 0.341 e. The van der Waals surface area contributed by atoms with E-state index >= 15 is 0 Å². The SMILES string of the molecule is CCOC(=O)c1c(-c2cccs2)csc1NC(=O)COC(=O)[C@@H](C)NC(=O)c1ccco1. The zero-order valence-electron chi connectivity index (χ0n) is 17.2. The number of carbonyl (C=O) groups is 4. The summed E-state index contributed by atoms with van der Waals surface area (Å²) in [5.41, 5.74) is 0.906. The summed E-state index contributed by atoms with van der Waals surface area (Å²) in [6.07, 6.45) is 1.33. The van der Waals surface area contributed by atoms with Crippen LogP contribution in [0.3, 0.4) is 0 Å². The van der Waals surface area contributed by atoms with Crippen LogP contribution in [-0.4, -0.2) is 43.0 Å². The van der Waals surface area contributed by atoms with E-state index in [1.165, 1.54) is 41.9 Å². The molecule has 0 aliphatic heterocycles. The predicted molar refractivity (Wildman–Crippen MR) is 119 cm³/mol. The summed E-state index contributed by atoms with van der Waals surface area (Å²) in [4.78, 5) is 49.7. The highest BCUT2D eigenvalue weighted by Gasteiger charge is 2.24. The van der Waals surface area contributed by atoms with Gasteiger partial charge < -0.3 is 24.5 Å². The summed E-state index contributed by atoms with van der Waals surface area (Å²) in [6.45, 7) is 2.71. The molecule has 0 aromatic carbocycles. The van der Waals surface area contributed by atoms with Gasteiger partial charge in [0.05, 0.1) is 12.9 Å². The molecule has 2 amide bonds. The quantitative estimate of drug-likeness (QED) is 0.453. The van der Waals surface area contributed by atoms with Crippen LogP contribution in [0.1, 0.15) is 34.8 Å². The van der Waals surface area contributed by atoms with E-state index in [1.54, 1.807) is 18.4 Å². The van der Waals surface area contributed by atoms with Crippen molar-refractivity contribution in [1.82, 2.24) is 5.32 Å². The molecule has 9 nitrogen and oxygen atoms in total. The second-order valence-corrected chi connectivity index (χ2v) is 8.21. The fourth-order valence-corrected chi connectivity index (χ4v) is 4.42. The van der Waals surface area contributed by atoms with Gasteiger partial charge in [0, 0.05) is 15.8 Å². The van der Waals surface area contributed by atoms with Crippen molar-refractivity contribution in [3.63, 3.8) is 0 Å². The highest BCUT2D eigenvalue weighted by molar-refractivity contribution is 7.17. The van der Waals surface area contributed by atoms with E-state index in [2.05, 4.69) is 10.6 Å². The minimum atomic E-state index is -0.998. The Morgan fingerprint density at radius 1 is 1.12 bits per heavy atom. The van der Waals surface area contributed by atoms with Crippen LogP contribution >= 0.6 is 22.7 Å². The Labute approximate surface area is 191 Å². The van der Waals surface area contributed by atoms with Crippen LogP contribution in [0, 0.1) is 0 Å². The number of nitrogens with one attached hydrogen (secondary N) is 2. The number of hydrogen-bond donors (Lipinski definition) is 2. The molecule has 0 radical (unpaired) electrons. The van der Waals surface area contributed by atoms with Crippen molar-refractivity contribution in [2.45, 2.75) is 19.9 Å². The van der Waals surface area contributed by atoms with E-state index in [1.807, 2.05) is 17.5 Å². The molecule has 0 saturated heterocycles. The van der Waals surface area contributed by atoms with Gasteiger partial charge >= 0.3 is 11.9 Å². The topological polar surface area (TPSA) is 124 Å². The lowest BCUT2D eigenvalue weighted by Gasteiger charge is -2.12. The number of esters is 2. The van der Waals surface area contributed by atoms with Crippen molar-refractivity contribution < 1.29 is 33.1 Å². The van der Waals surface area contributed by atoms with Gasteiger partial charge in [-0.3, -0.25) is 9.59 Å². The van der Waals surface area contributed by atoms with Gasteiger partial charge in [-0.15, -0.1) is 22.7 Å². The summed E-state index contributed by atoms with van der Waals surface area (Å²) in [6, 6.07) is 5.72. The molecule has 1 atom stereocenters. The summed E-state index contributed by atoms with van der Waals surface area (Å²) < 4.78 is 15.1. The molecule has 2 N–H and O–H groups in total. The second-order valence-electron chi connectivity index (χ2n) is 6.38. The molecule has 0 aliphatic rings. The van der Waals surface area contributed by atoms with Gasteiger partial charge in [-0.2, -0.15) is 0 Å². The maximum atomic E-state index is 12.5. The standard InChI is InChI=1S/C21H20N2O7S2/c1-3-28-21(27)17-13(15-7-5-9-31-15)11-32-19(17)23-16(24)10-30-20(26)12(2)22-18(25)14-6-4-8-29-14/h4-9,11-12H,3,10H2,1-2H3,(H,22,25)(H,23,24)/t12-/m1/s1. The first kappa shape index (κ1) is 23.2. The van der Waals surface area contributed by atoms with E-state index in [4.69, 9.17) is 13.9 Å². The second kappa shape index (κ2) is 10.7. The molecule has 168 valence electrons. The molecule has 0 unspecified atom stereocenters. The van der Waals surface area contributed by atoms with Gasteiger partial charge in [0.2, 0.25) is 0 Å². The van der Waals surface area contributed by atoms with Crippen LogP contribution in [0.25, 0.3) is 10.4 Å². The third-order valence-corrected chi connectivity index (χ3v) is 5.90. The Morgan fingerprint density at radius 3 is 2.59 bits per heavy atom. The van der Waals surface area contributed by atoms with Crippen molar-refractivity contribution in [2.75, 3.05) is 18.5 Å². The van der Waals surface area contributed by atoms with Gasteiger partial charge in [0.15, 0.2) is 12.4 Å². The van der Waals surface area contributed by atoms with Crippen LogP contribution in [-0.2, 0) is 19.1 Å². The van der Waals surface area contributed by atoms with E-state index < -0.39 is 36.4 Å². The third kappa shape index (κ3) is 5.62. The first-order valence-corrected chi connectivity index (χ1v) is 11.3. The Bertz CT molecular complexity index is 1090. The Hall–Kier alpha value is -3.44. The van der Waals surface area contributed by atoms with E-state index in [9.17, 15) is 19.2 Å². The van der Waals surface area contributed by atoms with Crippen molar-refractivity contribution >= 4 is 51.4 Å². The molecule has 11 heteroatoms. The maximum Gasteiger partial charge on any atom is 0.341 e. The number of hydrogen-bond acceptors (Lipinski definition) is 9. The van der Waals surface area contributed by atoms with Crippen LogP contribution in [0.2, 0.25) is 0 Å². The predicted octanol–water partition coefficient (Wildman–Crippen LogP) is 3.55. The molecule has 0 bridgehead atoms. The fraction of sp³-hybridized carbons (Fsp3) is 0.238. The molecule has 3 heterocycles. The average Bonchev–Trinajstić information content (AvgIpc) is 3.53. The van der Waals surface area contributed by atoms with Crippen molar-refractivity contribution in [3.8, 4) is 10.4 Å². The molecule has 32 heavy (non-hydrogen) atoms. The zero-order chi connectivity index (χ0) is 23.1. The molecular weight excluding hydrogens is 456 g/mol. The Balaban J connectivity index is 1.60.